The summed E-state index contributed by atoms with van der Waals surface area (Å²) < 4.78 is 27.4. The molecule has 2 aromatic heterocycles. The lowest BCUT2D eigenvalue weighted by Crippen LogP contribution is -2.39. The van der Waals surface area contributed by atoms with E-state index in [0.29, 0.717) is 23.1 Å². The summed E-state index contributed by atoms with van der Waals surface area (Å²) in [4.78, 5) is 6.92. The summed E-state index contributed by atoms with van der Waals surface area (Å²) in [5.74, 6) is 0. The van der Waals surface area contributed by atoms with E-state index in [-0.39, 0.29) is 10.9 Å². The highest BCUT2D eigenvalue weighted by Gasteiger charge is 2.24. The van der Waals surface area contributed by atoms with Crippen LogP contribution in [0.1, 0.15) is 25.7 Å². The molecule has 0 atom stereocenters. The Hall–Kier alpha value is -3.09. The van der Waals surface area contributed by atoms with Crippen LogP contribution in [0.4, 0.5) is 11.4 Å². The second-order valence-electron chi connectivity index (χ2n) is 7.78. The van der Waals surface area contributed by atoms with E-state index in [2.05, 4.69) is 21.3 Å². The Morgan fingerprint density at radius 3 is 2.65 bits per heavy atom. The van der Waals surface area contributed by atoms with Crippen molar-refractivity contribution in [1.82, 2.24) is 13.9 Å². The molecule has 8 nitrogen and oxygen atoms in total. The molecular weight excluding hydrogens is 412 g/mol. The largest absolute Gasteiger partial charge is 0.396 e. The van der Waals surface area contributed by atoms with E-state index in [9.17, 15) is 8.42 Å². The van der Waals surface area contributed by atoms with E-state index in [1.54, 1.807) is 36.4 Å². The first-order chi connectivity index (χ1) is 15.0. The predicted octanol–water partition coefficient (Wildman–Crippen LogP) is 3.04. The molecular formula is C22H26N6O2S. The molecule has 0 bridgehead atoms. The fourth-order valence-corrected chi connectivity index (χ4v) is 5.35. The van der Waals surface area contributed by atoms with Gasteiger partial charge in [0.05, 0.1) is 28.5 Å². The van der Waals surface area contributed by atoms with Gasteiger partial charge >= 0.3 is 0 Å². The van der Waals surface area contributed by atoms with E-state index >= 15 is 0 Å². The van der Waals surface area contributed by atoms with Crippen molar-refractivity contribution in [2.24, 2.45) is 0 Å². The van der Waals surface area contributed by atoms with Crippen molar-refractivity contribution in [3.8, 4) is 6.07 Å². The number of unbranched alkanes of at least 4 members (excludes halogenated alkanes) is 1. The molecule has 1 aliphatic rings. The smallest absolute Gasteiger partial charge is 0.269 e. The van der Waals surface area contributed by atoms with E-state index in [4.69, 9.17) is 11.0 Å². The highest BCUT2D eigenvalue weighted by Crippen LogP contribution is 2.32. The van der Waals surface area contributed by atoms with Crippen LogP contribution >= 0.6 is 0 Å². The Balaban J connectivity index is 1.55. The van der Waals surface area contributed by atoms with Gasteiger partial charge in [0.15, 0.2) is 5.65 Å². The molecule has 0 saturated carbocycles. The molecule has 1 aliphatic heterocycles. The lowest BCUT2D eigenvalue weighted by Gasteiger charge is -2.33. The maximum atomic E-state index is 13.1. The molecule has 0 spiro atoms. The van der Waals surface area contributed by atoms with Crippen LogP contribution in [0.15, 0.2) is 53.7 Å². The van der Waals surface area contributed by atoms with Gasteiger partial charge < -0.3 is 16.0 Å². The first-order valence-electron chi connectivity index (χ1n) is 10.4. The maximum Gasteiger partial charge on any atom is 0.269 e. The molecule has 1 saturated heterocycles. The normalized spacial score (nSPS) is 15.7. The van der Waals surface area contributed by atoms with Gasteiger partial charge in [0.1, 0.15) is 0 Å². The van der Waals surface area contributed by atoms with Crippen LogP contribution in [0.25, 0.3) is 11.0 Å². The van der Waals surface area contributed by atoms with Crippen LogP contribution in [-0.4, -0.2) is 48.0 Å². The predicted molar refractivity (Wildman–Crippen MR) is 121 cm³/mol. The van der Waals surface area contributed by atoms with Crippen LogP contribution in [-0.2, 0) is 10.0 Å². The fraction of sp³-hybridized carbons (Fsp3) is 0.364. The van der Waals surface area contributed by atoms with Crippen molar-refractivity contribution in [3.63, 3.8) is 0 Å². The molecule has 3 aromatic rings. The Bertz CT molecular complexity index is 1190. The monoisotopic (exact) mass is 438 g/mol. The summed E-state index contributed by atoms with van der Waals surface area (Å²) in [6, 6.07) is 12.5. The lowest BCUT2D eigenvalue weighted by atomic mass is 10.0. The van der Waals surface area contributed by atoms with Crippen molar-refractivity contribution in [3.05, 3.63) is 48.8 Å². The number of nitrogen functional groups attached to an aromatic ring is 1. The molecule has 0 aliphatic carbocycles. The molecule has 3 heterocycles. The number of nitrogens with one attached hydrogen (secondary N) is 1. The summed E-state index contributed by atoms with van der Waals surface area (Å²) in [6.07, 6.45) is 6.45. The van der Waals surface area contributed by atoms with Crippen molar-refractivity contribution in [2.75, 3.05) is 30.7 Å². The number of rotatable bonds is 7. The quantitative estimate of drug-likeness (QED) is 0.545. The number of nitrogens with zero attached hydrogens (tertiary/aromatic N) is 4. The van der Waals surface area contributed by atoms with Gasteiger partial charge in [-0.2, -0.15) is 5.26 Å². The van der Waals surface area contributed by atoms with Gasteiger partial charge in [-0.05, 0) is 44.0 Å². The average Bonchev–Trinajstić information content (AvgIpc) is 3.23. The number of pyridine rings is 1. The van der Waals surface area contributed by atoms with Gasteiger partial charge in [-0.1, -0.05) is 18.2 Å². The molecule has 1 fully saturated rings. The molecule has 0 amide bonds. The first kappa shape index (κ1) is 21.2. The first-order valence-corrected chi connectivity index (χ1v) is 11.9. The third-order valence-corrected chi connectivity index (χ3v) is 7.39. The second kappa shape index (κ2) is 8.96. The van der Waals surface area contributed by atoms with Gasteiger partial charge in [0.2, 0.25) is 0 Å². The topological polar surface area (TPSA) is 117 Å². The number of likely N-dealkylation sites (tertiary alicyclic amines) is 1. The zero-order valence-corrected chi connectivity index (χ0v) is 18.1. The molecule has 0 radical (unpaired) electrons. The minimum Gasteiger partial charge on any atom is -0.396 e. The summed E-state index contributed by atoms with van der Waals surface area (Å²) >= 11 is 0. The van der Waals surface area contributed by atoms with Gasteiger partial charge in [0, 0.05) is 37.1 Å². The Morgan fingerprint density at radius 1 is 1.19 bits per heavy atom. The standard InChI is InChI=1S/C22H26N6O2S/c23-11-4-5-12-27-13-8-17(9-14-27)26-21-19-10-15-28(22(19)25-16-20(21)24)31(29,30)18-6-2-1-3-7-18/h1-3,6-7,10,15-17H,4-5,8-9,12-14,24H2,(H,25,26). The lowest BCUT2D eigenvalue weighted by molar-refractivity contribution is 0.217. The minimum absolute atomic E-state index is 0.212. The highest BCUT2D eigenvalue weighted by molar-refractivity contribution is 7.90. The average molecular weight is 439 g/mol. The molecule has 4 rings (SSSR count). The number of nitriles is 1. The van der Waals surface area contributed by atoms with Crippen LogP contribution in [0, 0.1) is 11.3 Å². The molecule has 0 unspecified atom stereocenters. The van der Waals surface area contributed by atoms with Gasteiger partial charge in [-0.15, -0.1) is 0 Å². The number of hydrogen-bond donors (Lipinski definition) is 2. The van der Waals surface area contributed by atoms with Crippen LogP contribution in [0.2, 0.25) is 0 Å². The molecule has 3 N–H and O–H groups in total. The summed E-state index contributed by atoms with van der Waals surface area (Å²) in [5, 5.41) is 12.9. The van der Waals surface area contributed by atoms with Crippen LogP contribution < -0.4 is 11.1 Å². The summed E-state index contributed by atoms with van der Waals surface area (Å²) in [6.45, 7) is 2.86. The van der Waals surface area contributed by atoms with Gasteiger partial charge in [0.25, 0.3) is 10.0 Å². The Morgan fingerprint density at radius 2 is 1.94 bits per heavy atom. The molecule has 9 heteroatoms. The minimum atomic E-state index is -3.75. The number of fused-ring (bicyclic) bond motifs is 1. The Kier molecular flexibility index (Phi) is 6.11. The third kappa shape index (κ3) is 4.36. The van der Waals surface area contributed by atoms with Gasteiger partial charge in [-0.3, -0.25) is 0 Å². The van der Waals surface area contributed by atoms with Crippen molar-refractivity contribution in [2.45, 2.75) is 36.6 Å². The van der Waals surface area contributed by atoms with E-state index in [1.807, 2.05) is 0 Å². The fourth-order valence-electron chi connectivity index (χ4n) is 4.03. The maximum absolute atomic E-state index is 13.1. The second-order valence-corrected chi connectivity index (χ2v) is 9.59. The zero-order valence-electron chi connectivity index (χ0n) is 17.2. The van der Waals surface area contributed by atoms with Crippen molar-refractivity contribution in [1.29, 1.82) is 5.26 Å². The number of benzene rings is 1. The van der Waals surface area contributed by atoms with E-state index < -0.39 is 10.0 Å². The van der Waals surface area contributed by atoms with Crippen molar-refractivity contribution < 1.29 is 8.42 Å². The number of anilines is 2. The third-order valence-electron chi connectivity index (χ3n) is 5.71. The highest BCUT2D eigenvalue weighted by atomic mass is 32.2. The van der Waals surface area contributed by atoms with Crippen molar-refractivity contribution >= 4 is 32.4 Å². The van der Waals surface area contributed by atoms with Crippen LogP contribution in [0.5, 0.6) is 0 Å². The molecule has 162 valence electrons. The number of aromatic nitrogens is 2. The van der Waals surface area contributed by atoms with E-state index in [1.165, 1.54) is 16.4 Å². The summed E-state index contributed by atoms with van der Waals surface area (Å²) in [5.41, 5.74) is 7.80. The van der Waals surface area contributed by atoms with Crippen LogP contribution in [0.3, 0.4) is 0 Å². The molecule has 1 aromatic carbocycles. The van der Waals surface area contributed by atoms with E-state index in [0.717, 1.165) is 44.6 Å². The molecule has 31 heavy (non-hydrogen) atoms. The zero-order chi connectivity index (χ0) is 21.8. The van der Waals surface area contributed by atoms with Gasteiger partial charge in [-0.25, -0.2) is 17.4 Å². The number of piperidine rings is 1. The number of hydrogen-bond acceptors (Lipinski definition) is 7. The SMILES string of the molecule is N#CCCCN1CCC(Nc2c(N)cnc3c2ccn3S(=O)(=O)c2ccccc2)CC1. The Labute approximate surface area is 182 Å². The summed E-state index contributed by atoms with van der Waals surface area (Å²) in [7, 11) is -3.75. The number of nitrogens with two attached hydrogens (primary N) is 1.